The van der Waals surface area contributed by atoms with Gasteiger partial charge in [-0.25, -0.2) is 0 Å². The summed E-state index contributed by atoms with van der Waals surface area (Å²) in [6.45, 7) is 11.3. The van der Waals surface area contributed by atoms with Gasteiger partial charge >= 0.3 is 6.18 Å². The second-order valence-corrected chi connectivity index (χ2v) is 6.77. The highest BCUT2D eigenvalue weighted by molar-refractivity contribution is 14.0. The van der Waals surface area contributed by atoms with E-state index in [1.54, 1.807) is 0 Å². The van der Waals surface area contributed by atoms with E-state index in [1.807, 2.05) is 13.8 Å². The highest BCUT2D eigenvalue weighted by Crippen LogP contribution is 2.15. The number of alkyl halides is 3. The molecule has 9 heteroatoms. The molecule has 0 bridgehead atoms. The van der Waals surface area contributed by atoms with Crippen molar-refractivity contribution in [1.82, 2.24) is 20.4 Å². The molecular formula is C17H33F3IN5. The zero-order valence-corrected chi connectivity index (χ0v) is 18.4. The number of aliphatic imine (C=N–C) groups is 1. The Morgan fingerprint density at radius 1 is 1.31 bits per heavy atom. The van der Waals surface area contributed by atoms with Crippen molar-refractivity contribution >= 4 is 29.9 Å². The van der Waals surface area contributed by atoms with Gasteiger partial charge in [-0.3, -0.25) is 14.8 Å². The van der Waals surface area contributed by atoms with Crippen LogP contribution in [0.3, 0.4) is 0 Å². The van der Waals surface area contributed by atoms with Gasteiger partial charge in [0.15, 0.2) is 5.96 Å². The van der Waals surface area contributed by atoms with Crippen LogP contribution in [0.5, 0.6) is 0 Å². The van der Waals surface area contributed by atoms with E-state index in [2.05, 4.69) is 27.1 Å². The first kappa shape index (κ1) is 25.4. The van der Waals surface area contributed by atoms with Crippen LogP contribution < -0.4 is 10.6 Å². The van der Waals surface area contributed by atoms with Crippen molar-refractivity contribution in [3.05, 3.63) is 12.2 Å². The fourth-order valence-corrected chi connectivity index (χ4v) is 2.85. The normalized spacial score (nSPS) is 17.1. The third-order valence-electron chi connectivity index (χ3n) is 3.97. The summed E-state index contributed by atoms with van der Waals surface area (Å²) in [5.74, 6) is 0.682. The molecule has 0 unspecified atom stereocenters. The molecule has 0 radical (unpaired) electrons. The van der Waals surface area contributed by atoms with E-state index in [-0.39, 0.29) is 30.5 Å². The van der Waals surface area contributed by atoms with Gasteiger partial charge in [-0.15, -0.1) is 24.0 Å². The highest BCUT2D eigenvalue weighted by atomic mass is 127. The molecule has 1 aliphatic rings. The van der Waals surface area contributed by atoms with Crippen molar-refractivity contribution in [3.8, 4) is 0 Å². The second-order valence-electron chi connectivity index (χ2n) is 6.77. The molecule has 0 aromatic heterocycles. The SMILES string of the molecule is C=C(C)CN1CCC(NC(=NCCN(C)CC(F)(F)F)NCC)CC1.I. The van der Waals surface area contributed by atoms with Crippen LogP contribution in [-0.4, -0.2) is 80.8 Å². The molecule has 0 aromatic rings. The van der Waals surface area contributed by atoms with Gasteiger partial charge in [-0.05, 0) is 33.7 Å². The minimum atomic E-state index is -4.17. The molecule has 0 spiro atoms. The molecule has 1 saturated heterocycles. The maximum atomic E-state index is 12.3. The fourth-order valence-electron chi connectivity index (χ4n) is 2.85. The van der Waals surface area contributed by atoms with Gasteiger partial charge in [0.1, 0.15) is 0 Å². The molecular weight excluding hydrogens is 458 g/mol. The van der Waals surface area contributed by atoms with Gasteiger partial charge < -0.3 is 10.6 Å². The molecule has 5 nitrogen and oxygen atoms in total. The fraction of sp³-hybridized carbons (Fsp3) is 0.824. The van der Waals surface area contributed by atoms with Crippen molar-refractivity contribution in [3.63, 3.8) is 0 Å². The summed E-state index contributed by atoms with van der Waals surface area (Å²) in [7, 11) is 1.46. The molecule has 0 amide bonds. The van der Waals surface area contributed by atoms with Crippen molar-refractivity contribution in [2.75, 3.05) is 52.9 Å². The summed E-state index contributed by atoms with van der Waals surface area (Å²) >= 11 is 0. The predicted octanol–water partition coefficient (Wildman–Crippen LogP) is 2.69. The van der Waals surface area contributed by atoms with E-state index in [0.717, 1.165) is 39.0 Å². The number of hydrogen-bond donors (Lipinski definition) is 2. The number of nitrogens with one attached hydrogen (secondary N) is 2. The number of rotatable bonds is 8. The standard InChI is InChI=1S/C17H32F3N5.HI/c1-5-21-16(22-8-11-24(4)13-17(18,19)20)23-15-6-9-25(10-7-15)12-14(2)3;/h15H,2,5-13H2,1,3-4H3,(H2,21,22,23);1H. The number of piperidine rings is 1. The van der Waals surface area contributed by atoms with E-state index in [1.165, 1.54) is 17.5 Å². The molecule has 2 N–H and O–H groups in total. The Bertz CT molecular complexity index is 435. The molecule has 154 valence electrons. The average Bonchev–Trinajstić information content (AvgIpc) is 2.47. The summed E-state index contributed by atoms with van der Waals surface area (Å²) in [5.41, 5.74) is 1.17. The van der Waals surface area contributed by atoms with Gasteiger partial charge in [0, 0.05) is 38.8 Å². The summed E-state index contributed by atoms with van der Waals surface area (Å²) in [5, 5.41) is 6.57. The van der Waals surface area contributed by atoms with E-state index >= 15 is 0 Å². The molecule has 0 aliphatic carbocycles. The van der Waals surface area contributed by atoms with Crippen LogP contribution in [0.1, 0.15) is 26.7 Å². The van der Waals surface area contributed by atoms with Crippen LogP contribution >= 0.6 is 24.0 Å². The number of likely N-dealkylation sites (N-methyl/N-ethyl adjacent to an activating group) is 1. The van der Waals surface area contributed by atoms with Gasteiger partial charge in [0.05, 0.1) is 13.1 Å². The second kappa shape index (κ2) is 12.8. The number of guanidine groups is 1. The maximum Gasteiger partial charge on any atom is 0.401 e. The van der Waals surface area contributed by atoms with Crippen LogP contribution in [0.2, 0.25) is 0 Å². The Balaban J connectivity index is 0.00000625. The van der Waals surface area contributed by atoms with E-state index in [9.17, 15) is 13.2 Å². The minimum absolute atomic E-state index is 0. The molecule has 1 fully saturated rings. The van der Waals surface area contributed by atoms with Crippen molar-refractivity contribution < 1.29 is 13.2 Å². The Morgan fingerprint density at radius 2 is 1.92 bits per heavy atom. The summed E-state index contributed by atoms with van der Waals surface area (Å²) in [6.07, 6.45) is -2.13. The number of likely N-dealkylation sites (tertiary alicyclic amines) is 1. The first-order chi connectivity index (χ1) is 11.7. The van der Waals surface area contributed by atoms with Crippen LogP contribution in [-0.2, 0) is 0 Å². The van der Waals surface area contributed by atoms with Gasteiger partial charge in [-0.1, -0.05) is 12.2 Å². The summed E-state index contributed by atoms with van der Waals surface area (Å²) in [4.78, 5) is 8.03. The third-order valence-corrected chi connectivity index (χ3v) is 3.97. The summed E-state index contributed by atoms with van der Waals surface area (Å²) in [6, 6.07) is 0.340. The molecule has 0 saturated carbocycles. The van der Waals surface area contributed by atoms with Gasteiger partial charge in [-0.2, -0.15) is 13.2 Å². The Kier molecular flexibility index (Phi) is 12.5. The lowest BCUT2D eigenvalue weighted by atomic mass is 10.0. The van der Waals surface area contributed by atoms with Crippen molar-refractivity contribution in [2.45, 2.75) is 38.9 Å². The zero-order chi connectivity index (χ0) is 18.9. The topological polar surface area (TPSA) is 42.9 Å². The van der Waals surface area contributed by atoms with Crippen LogP contribution in [0.4, 0.5) is 13.2 Å². The first-order valence-electron chi connectivity index (χ1n) is 8.86. The highest BCUT2D eigenvalue weighted by Gasteiger charge is 2.28. The molecule has 0 atom stereocenters. The molecule has 1 heterocycles. The minimum Gasteiger partial charge on any atom is -0.357 e. The van der Waals surface area contributed by atoms with Crippen LogP contribution in [0.25, 0.3) is 0 Å². The van der Waals surface area contributed by atoms with E-state index in [0.29, 0.717) is 18.5 Å². The maximum absolute atomic E-state index is 12.3. The van der Waals surface area contributed by atoms with Crippen molar-refractivity contribution in [1.29, 1.82) is 0 Å². The lowest BCUT2D eigenvalue weighted by Crippen LogP contribution is -2.49. The van der Waals surface area contributed by atoms with E-state index < -0.39 is 12.7 Å². The number of halogens is 4. The smallest absolute Gasteiger partial charge is 0.357 e. The lowest BCUT2D eigenvalue weighted by Gasteiger charge is -2.33. The zero-order valence-electron chi connectivity index (χ0n) is 16.0. The summed E-state index contributed by atoms with van der Waals surface area (Å²) < 4.78 is 37.0. The molecule has 26 heavy (non-hydrogen) atoms. The number of nitrogens with zero attached hydrogens (tertiary/aromatic N) is 3. The lowest BCUT2D eigenvalue weighted by molar-refractivity contribution is -0.142. The third kappa shape index (κ3) is 11.9. The first-order valence-corrected chi connectivity index (χ1v) is 8.86. The van der Waals surface area contributed by atoms with Crippen molar-refractivity contribution in [2.24, 2.45) is 4.99 Å². The largest absolute Gasteiger partial charge is 0.401 e. The van der Waals surface area contributed by atoms with Gasteiger partial charge in [0.2, 0.25) is 0 Å². The van der Waals surface area contributed by atoms with Crippen LogP contribution in [0.15, 0.2) is 17.1 Å². The monoisotopic (exact) mass is 491 g/mol. The average molecular weight is 491 g/mol. The predicted molar refractivity (Wildman–Crippen MR) is 112 cm³/mol. The Labute approximate surface area is 172 Å². The quantitative estimate of drug-likeness (QED) is 0.237. The van der Waals surface area contributed by atoms with Gasteiger partial charge in [0.25, 0.3) is 0 Å². The number of hydrogen-bond acceptors (Lipinski definition) is 3. The molecule has 1 rings (SSSR count). The molecule has 1 aliphatic heterocycles. The Hall–Kier alpha value is -0.550. The van der Waals surface area contributed by atoms with E-state index in [4.69, 9.17) is 0 Å². The van der Waals surface area contributed by atoms with Crippen LogP contribution in [0, 0.1) is 0 Å². The molecule has 0 aromatic carbocycles. The Morgan fingerprint density at radius 3 is 2.42 bits per heavy atom.